The van der Waals surface area contributed by atoms with Crippen LogP contribution in [0.5, 0.6) is 0 Å². The Morgan fingerprint density at radius 2 is 1.90 bits per heavy atom. The van der Waals surface area contributed by atoms with E-state index in [4.69, 9.17) is 5.11 Å². The number of hydrogen-bond donors (Lipinski definition) is 2. The average molecular weight is 297 g/mol. The molecule has 4 nitrogen and oxygen atoms in total. The van der Waals surface area contributed by atoms with E-state index in [1.807, 2.05) is 0 Å². The van der Waals surface area contributed by atoms with Gasteiger partial charge in [-0.3, -0.25) is 9.59 Å². The summed E-state index contributed by atoms with van der Waals surface area (Å²) >= 11 is 0. The van der Waals surface area contributed by atoms with Crippen LogP contribution in [0.3, 0.4) is 0 Å². The highest BCUT2D eigenvalue weighted by Crippen LogP contribution is 2.28. The van der Waals surface area contributed by atoms with E-state index in [2.05, 4.69) is 5.32 Å². The van der Waals surface area contributed by atoms with Crippen molar-refractivity contribution in [2.45, 2.75) is 38.1 Å². The summed E-state index contributed by atoms with van der Waals surface area (Å²) in [7, 11) is 0. The molecule has 1 unspecified atom stereocenters. The fourth-order valence-corrected chi connectivity index (χ4v) is 2.79. The highest BCUT2D eigenvalue weighted by molar-refractivity contribution is 5.84. The molecular formula is C15H17F2NO3. The van der Waals surface area contributed by atoms with E-state index in [-0.39, 0.29) is 5.56 Å². The Hall–Kier alpha value is -1.98. The zero-order valence-electron chi connectivity index (χ0n) is 11.6. The molecule has 1 amide bonds. The first-order chi connectivity index (χ1) is 9.91. The maximum atomic E-state index is 13.7. The van der Waals surface area contributed by atoms with Crippen molar-refractivity contribution in [3.63, 3.8) is 0 Å². The quantitative estimate of drug-likeness (QED) is 0.897. The highest BCUT2D eigenvalue weighted by atomic mass is 19.1. The molecule has 0 saturated heterocycles. The fourth-order valence-electron chi connectivity index (χ4n) is 2.79. The van der Waals surface area contributed by atoms with Crippen molar-refractivity contribution in [3.05, 3.63) is 35.4 Å². The topological polar surface area (TPSA) is 66.4 Å². The maximum absolute atomic E-state index is 13.7. The Balaban J connectivity index is 2.11. The molecule has 0 spiro atoms. The lowest BCUT2D eigenvalue weighted by atomic mass is 9.97. The lowest BCUT2D eigenvalue weighted by molar-refractivity contribution is -0.142. The molecule has 1 aromatic carbocycles. The molecule has 3 atom stereocenters. The van der Waals surface area contributed by atoms with Gasteiger partial charge in [-0.2, -0.15) is 0 Å². The number of nitrogens with one attached hydrogen (secondary N) is 1. The maximum Gasteiger partial charge on any atom is 0.308 e. The Morgan fingerprint density at radius 1 is 1.29 bits per heavy atom. The number of hydrogen-bond acceptors (Lipinski definition) is 2. The predicted molar refractivity (Wildman–Crippen MR) is 71.7 cm³/mol. The third-order valence-electron chi connectivity index (χ3n) is 3.99. The Kier molecular flexibility index (Phi) is 4.55. The summed E-state index contributed by atoms with van der Waals surface area (Å²) in [4.78, 5) is 23.2. The first-order valence-electron chi connectivity index (χ1n) is 6.89. The number of rotatable bonds is 4. The van der Waals surface area contributed by atoms with Crippen LogP contribution >= 0.6 is 0 Å². The number of carbonyl (C=O) groups is 2. The second-order valence-electron chi connectivity index (χ2n) is 5.35. The van der Waals surface area contributed by atoms with Crippen molar-refractivity contribution in [1.29, 1.82) is 0 Å². The number of aliphatic carboxylic acids is 1. The predicted octanol–water partition coefficient (Wildman–Crippen LogP) is 2.44. The largest absolute Gasteiger partial charge is 0.481 e. The van der Waals surface area contributed by atoms with Crippen LogP contribution in [0.25, 0.3) is 0 Å². The lowest BCUT2D eigenvalue weighted by Crippen LogP contribution is -2.42. The number of halogens is 2. The monoisotopic (exact) mass is 297 g/mol. The van der Waals surface area contributed by atoms with Gasteiger partial charge < -0.3 is 10.4 Å². The standard InChI is InChI=1S/C15H17F2NO3/c1-8(13-10(16)5-3-6-11(13)17)14(19)18-12-7-2-4-9(12)15(20)21/h3,5-6,8-9,12H,2,4,7H2,1H3,(H,18,19)(H,20,21)/t8?,9-,12+/m0/s1. The van der Waals surface area contributed by atoms with Crippen LogP contribution in [0.2, 0.25) is 0 Å². The van der Waals surface area contributed by atoms with Gasteiger partial charge in [0.2, 0.25) is 5.91 Å². The van der Waals surface area contributed by atoms with Crippen molar-refractivity contribution >= 4 is 11.9 Å². The molecule has 0 aliphatic heterocycles. The first kappa shape index (κ1) is 15.4. The van der Waals surface area contributed by atoms with Crippen LogP contribution in [-0.4, -0.2) is 23.0 Å². The van der Waals surface area contributed by atoms with Crippen molar-refractivity contribution < 1.29 is 23.5 Å². The van der Waals surface area contributed by atoms with Crippen molar-refractivity contribution in [2.75, 3.05) is 0 Å². The average Bonchev–Trinajstić information content (AvgIpc) is 2.86. The van der Waals surface area contributed by atoms with Gasteiger partial charge in [-0.05, 0) is 31.9 Å². The molecule has 0 radical (unpaired) electrons. The summed E-state index contributed by atoms with van der Waals surface area (Å²) < 4.78 is 27.3. The second kappa shape index (κ2) is 6.20. The molecule has 1 aliphatic rings. The number of carbonyl (C=O) groups excluding carboxylic acids is 1. The fraction of sp³-hybridized carbons (Fsp3) is 0.467. The van der Waals surface area contributed by atoms with Gasteiger partial charge in [0.25, 0.3) is 0 Å². The summed E-state index contributed by atoms with van der Waals surface area (Å²) in [6.07, 6.45) is 1.78. The molecule has 114 valence electrons. The van der Waals surface area contributed by atoms with Crippen LogP contribution in [0.15, 0.2) is 18.2 Å². The molecule has 1 saturated carbocycles. The van der Waals surface area contributed by atoms with Crippen LogP contribution in [0.1, 0.15) is 37.7 Å². The van der Waals surface area contributed by atoms with E-state index < -0.39 is 41.4 Å². The van der Waals surface area contributed by atoms with Crippen molar-refractivity contribution in [2.24, 2.45) is 5.92 Å². The van der Waals surface area contributed by atoms with Gasteiger partial charge >= 0.3 is 5.97 Å². The van der Waals surface area contributed by atoms with E-state index in [0.29, 0.717) is 19.3 Å². The van der Waals surface area contributed by atoms with Gasteiger partial charge in [-0.15, -0.1) is 0 Å². The number of carboxylic acid groups (broad SMARTS) is 1. The molecule has 2 rings (SSSR count). The Labute approximate surface area is 121 Å². The van der Waals surface area contributed by atoms with E-state index >= 15 is 0 Å². The molecule has 0 bridgehead atoms. The Bertz CT molecular complexity index is 542. The number of benzene rings is 1. The van der Waals surface area contributed by atoms with Crippen LogP contribution in [0.4, 0.5) is 8.78 Å². The van der Waals surface area contributed by atoms with Crippen molar-refractivity contribution in [1.82, 2.24) is 5.32 Å². The van der Waals surface area contributed by atoms with Gasteiger partial charge in [0.15, 0.2) is 0 Å². The number of amides is 1. The van der Waals surface area contributed by atoms with Gasteiger partial charge in [0.05, 0.1) is 11.8 Å². The summed E-state index contributed by atoms with van der Waals surface area (Å²) in [5.41, 5.74) is -0.292. The Morgan fingerprint density at radius 3 is 2.48 bits per heavy atom. The molecule has 0 aromatic heterocycles. The summed E-state index contributed by atoms with van der Waals surface area (Å²) in [5, 5.41) is 11.7. The van der Waals surface area contributed by atoms with E-state index in [1.165, 1.54) is 13.0 Å². The third-order valence-corrected chi connectivity index (χ3v) is 3.99. The summed E-state index contributed by atoms with van der Waals surface area (Å²) in [6, 6.07) is 2.94. The summed E-state index contributed by atoms with van der Waals surface area (Å²) in [5.74, 6) is -4.72. The van der Waals surface area contributed by atoms with E-state index in [1.54, 1.807) is 0 Å². The van der Waals surface area contributed by atoms with Crippen molar-refractivity contribution in [3.8, 4) is 0 Å². The smallest absolute Gasteiger partial charge is 0.308 e. The molecule has 2 N–H and O–H groups in total. The SMILES string of the molecule is CC(C(=O)N[C@@H]1CCC[C@@H]1C(=O)O)c1c(F)cccc1F. The zero-order chi connectivity index (χ0) is 15.6. The minimum atomic E-state index is -1.01. The summed E-state index contributed by atoms with van der Waals surface area (Å²) in [6.45, 7) is 1.40. The molecular weight excluding hydrogens is 280 g/mol. The van der Waals surface area contributed by atoms with Gasteiger partial charge in [-0.25, -0.2) is 8.78 Å². The third kappa shape index (κ3) is 3.20. The zero-order valence-corrected chi connectivity index (χ0v) is 11.6. The number of carboxylic acids is 1. The second-order valence-corrected chi connectivity index (χ2v) is 5.35. The minimum absolute atomic E-state index is 0.292. The molecule has 1 aliphatic carbocycles. The van der Waals surface area contributed by atoms with Gasteiger partial charge in [0, 0.05) is 11.6 Å². The minimum Gasteiger partial charge on any atom is -0.481 e. The lowest BCUT2D eigenvalue weighted by Gasteiger charge is -2.21. The van der Waals surface area contributed by atoms with Crippen LogP contribution in [0, 0.1) is 17.6 Å². The molecule has 1 fully saturated rings. The molecule has 0 heterocycles. The molecule has 6 heteroatoms. The highest BCUT2D eigenvalue weighted by Gasteiger charge is 2.35. The van der Waals surface area contributed by atoms with E-state index in [0.717, 1.165) is 12.1 Å². The van der Waals surface area contributed by atoms with Crippen LogP contribution in [-0.2, 0) is 9.59 Å². The molecule has 1 aromatic rings. The normalized spacial score (nSPS) is 22.8. The van der Waals surface area contributed by atoms with Crippen LogP contribution < -0.4 is 5.32 Å². The van der Waals surface area contributed by atoms with Gasteiger partial charge in [-0.1, -0.05) is 12.5 Å². The van der Waals surface area contributed by atoms with Gasteiger partial charge in [0.1, 0.15) is 11.6 Å². The molecule has 21 heavy (non-hydrogen) atoms. The first-order valence-corrected chi connectivity index (χ1v) is 6.89. The van der Waals surface area contributed by atoms with E-state index in [9.17, 15) is 18.4 Å².